The average molecular weight is 371 g/mol. The van der Waals surface area contributed by atoms with Crippen molar-refractivity contribution in [3.05, 3.63) is 71.8 Å². The maximum Gasteiger partial charge on any atom is 0.315 e. The molecule has 1 fully saturated rings. The number of benzene rings is 2. The second kappa shape index (κ2) is 9.10. The van der Waals surface area contributed by atoms with Gasteiger partial charge in [-0.25, -0.2) is 4.79 Å². The lowest BCUT2D eigenvalue weighted by Gasteiger charge is -2.36. The van der Waals surface area contributed by atoms with Crippen molar-refractivity contribution in [3.8, 4) is 0 Å². The molecule has 26 heavy (non-hydrogen) atoms. The van der Waals surface area contributed by atoms with E-state index in [-0.39, 0.29) is 17.7 Å². The summed E-state index contributed by atoms with van der Waals surface area (Å²) >= 11 is 1.94. The van der Waals surface area contributed by atoms with Crippen LogP contribution in [0, 0.1) is 0 Å². The Morgan fingerprint density at radius 3 is 2.08 bits per heavy atom. The van der Waals surface area contributed by atoms with Gasteiger partial charge in [-0.2, -0.15) is 11.8 Å². The van der Waals surface area contributed by atoms with Gasteiger partial charge in [-0.3, -0.25) is 0 Å². The van der Waals surface area contributed by atoms with Crippen LogP contribution >= 0.6 is 11.8 Å². The topological polar surface area (TPSA) is 50.4 Å². The van der Waals surface area contributed by atoms with E-state index in [9.17, 15) is 4.79 Å². The van der Waals surface area contributed by atoms with Crippen molar-refractivity contribution in [2.75, 3.05) is 25.2 Å². The molecule has 0 bridgehead atoms. The second-order valence-electron chi connectivity index (χ2n) is 6.58. The van der Waals surface area contributed by atoms with Crippen molar-refractivity contribution < 1.29 is 9.53 Å². The van der Waals surface area contributed by atoms with Crippen LogP contribution in [0.2, 0.25) is 0 Å². The fourth-order valence-electron chi connectivity index (χ4n) is 3.27. The number of methoxy groups -OCH3 is 1. The van der Waals surface area contributed by atoms with E-state index in [2.05, 4.69) is 10.6 Å². The van der Waals surface area contributed by atoms with Crippen LogP contribution in [0.15, 0.2) is 60.7 Å². The lowest BCUT2D eigenvalue weighted by molar-refractivity contribution is -0.0138. The Bertz CT molecular complexity index is 648. The number of ether oxygens (including phenoxy) is 1. The Balaban J connectivity index is 1.68. The molecule has 2 aromatic rings. The molecule has 2 aromatic carbocycles. The molecule has 2 amide bonds. The van der Waals surface area contributed by atoms with Gasteiger partial charge in [-0.15, -0.1) is 0 Å². The summed E-state index contributed by atoms with van der Waals surface area (Å²) < 4.78 is 5.75. The quantitative estimate of drug-likeness (QED) is 0.808. The number of amides is 2. The molecule has 3 rings (SSSR count). The number of hydrogen-bond donors (Lipinski definition) is 2. The Hall–Kier alpha value is -1.98. The standard InChI is InChI=1S/C21H26N2O2S/c1-25-21(12-14-26-15-13-21)16-22-20(24)23-19(17-8-4-2-5-9-17)18-10-6-3-7-11-18/h2-11,19H,12-16H2,1H3,(H2,22,23,24). The van der Waals surface area contributed by atoms with Crippen LogP contribution in [-0.2, 0) is 4.74 Å². The number of thioether (sulfide) groups is 1. The molecule has 4 nitrogen and oxygen atoms in total. The van der Waals surface area contributed by atoms with Crippen molar-refractivity contribution in [1.82, 2.24) is 10.6 Å². The fourth-order valence-corrected chi connectivity index (χ4v) is 4.51. The molecule has 0 aliphatic carbocycles. The summed E-state index contributed by atoms with van der Waals surface area (Å²) in [6.45, 7) is 0.534. The fraction of sp³-hybridized carbons (Fsp3) is 0.381. The predicted octanol–water partition coefficient (Wildman–Crippen LogP) is 3.99. The van der Waals surface area contributed by atoms with Crippen LogP contribution < -0.4 is 10.6 Å². The van der Waals surface area contributed by atoms with Gasteiger partial charge in [0.05, 0.1) is 11.6 Å². The molecule has 2 N–H and O–H groups in total. The van der Waals surface area contributed by atoms with Gasteiger partial charge in [0.1, 0.15) is 0 Å². The number of carbonyl (C=O) groups is 1. The molecule has 1 aliphatic heterocycles. The van der Waals surface area contributed by atoms with Gasteiger partial charge in [0, 0.05) is 13.7 Å². The number of carbonyl (C=O) groups excluding carboxylic acids is 1. The Labute approximate surface area is 159 Å². The molecule has 1 heterocycles. The molecule has 0 radical (unpaired) electrons. The highest BCUT2D eigenvalue weighted by atomic mass is 32.2. The molecule has 1 saturated heterocycles. The molecule has 0 unspecified atom stereocenters. The maximum atomic E-state index is 12.6. The van der Waals surface area contributed by atoms with Crippen molar-refractivity contribution in [1.29, 1.82) is 0 Å². The van der Waals surface area contributed by atoms with Gasteiger partial charge >= 0.3 is 6.03 Å². The summed E-state index contributed by atoms with van der Waals surface area (Å²) in [6, 6.07) is 19.7. The molecule has 0 spiro atoms. The molecule has 0 atom stereocenters. The minimum atomic E-state index is -0.239. The van der Waals surface area contributed by atoms with Crippen molar-refractivity contribution in [2.45, 2.75) is 24.5 Å². The van der Waals surface area contributed by atoms with Gasteiger partial charge in [0.15, 0.2) is 0 Å². The highest BCUT2D eigenvalue weighted by Crippen LogP contribution is 2.29. The number of rotatable bonds is 6. The first-order chi connectivity index (χ1) is 12.7. The first-order valence-corrected chi connectivity index (χ1v) is 10.2. The van der Waals surface area contributed by atoms with E-state index < -0.39 is 0 Å². The Morgan fingerprint density at radius 2 is 1.58 bits per heavy atom. The summed E-state index contributed by atoms with van der Waals surface area (Å²) in [6.07, 6.45) is 1.94. The highest BCUT2D eigenvalue weighted by molar-refractivity contribution is 7.99. The SMILES string of the molecule is COC1(CNC(=O)NC(c2ccccc2)c2ccccc2)CCSCC1. The molecule has 0 saturated carbocycles. The highest BCUT2D eigenvalue weighted by Gasteiger charge is 2.32. The van der Waals surface area contributed by atoms with Crippen LogP contribution in [0.1, 0.15) is 30.0 Å². The lowest BCUT2D eigenvalue weighted by atomic mass is 9.96. The lowest BCUT2D eigenvalue weighted by Crippen LogP contribution is -2.49. The second-order valence-corrected chi connectivity index (χ2v) is 7.81. The van der Waals surface area contributed by atoms with E-state index in [1.54, 1.807) is 7.11 Å². The van der Waals surface area contributed by atoms with E-state index in [0.29, 0.717) is 6.54 Å². The zero-order valence-electron chi connectivity index (χ0n) is 15.1. The van der Waals surface area contributed by atoms with Crippen molar-refractivity contribution in [2.24, 2.45) is 0 Å². The first-order valence-electron chi connectivity index (χ1n) is 9.00. The predicted molar refractivity (Wildman–Crippen MR) is 108 cm³/mol. The maximum absolute atomic E-state index is 12.6. The van der Waals surface area contributed by atoms with E-state index in [1.165, 1.54) is 0 Å². The molecular formula is C21H26N2O2S. The van der Waals surface area contributed by atoms with Crippen LogP contribution in [0.5, 0.6) is 0 Å². The number of urea groups is 1. The monoisotopic (exact) mass is 370 g/mol. The third kappa shape index (κ3) is 4.80. The van der Waals surface area contributed by atoms with Gasteiger partial charge in [-0.05, 0) is 35.5 Å². The summed E-state index contributed by atoms with van der Waals surface area (Å²) in [5.74, 6) is 2.15. The summed E-state index contributed by atoms with van der Waals surface area (Å²) in [4.78, 5) is 12.6. The molecule has 5 heteroatoms. The minimum Gasteiger partial charge on any atom is -0.376 e. The van der Waals surface area contributed by atoms with Crippen LogP contribution in [-0.4, -0.2) is 36.8 Å². The zero-order valence-corrected chi connectivity index (χ0v) is 15.9. The average Bonchev–Trinajstić information content (AvgIpc) is 2.72. The summed E-state index contributed by atoms with van der Waals surface area (Å²) in [7, 11) is 1.74. The summed E-state index contributed by atoms with van der Waals surface area (Å²) in [5, 5.41) is 6.15. The molecule has 0 aromatic heterocycles. The Morgan fingerprint density at radius 1 is 1.04 bits per heavy atom. The van der Waals surface area contributed by atoms with Gasteiger partial charge < -0.3 is 15.4 Å². The normalized spacial score (nSPS) is 16.2. The Kier molecular flexibility index (Phi) is 6.58. The largest absolute Gasteiger partial charge is 0.376 e. The van der Waals surface area contributed by atoms with E-state index in [0.717, 1.165) is 35.5 Å². The number of nitrogens with one attached hydrogen (secondary N) is 2. The first kappa shape index (κ1) is 18.8. The van der Waals surface area contributed by atoms with E-state index in [4.69, 9.17) is 4.74 Å². The molecule has 1 aliphatic rings. The molecular weight excluding hydrogens is 344 g/mol. The van der Waals surface area contributed by atoms with E-state index >= 15 is 0 Å². The van der Waals surface area contributed by atoms with Crippen LogP contribution in [0.3, 0.4) is 0 Å². The van der Waals surface area contributed by atoms with Crippen LogP contribution in [0.25, 0.3) is 0 Å². The van der Waals surface area contributed by atoms with Gasteiger partial charge in [-0.1, -0.05) is 60.7 Å². The smallest absolute Gasteiger partial charge is 0.315 e. The van der Waals surface area contributed by atoms with Crippen molar-refractivity contribution in [3.63, 3.8) is 0 Å². The van der Waals surface area contributed by atoms with Gasteiger partial charge in [0.2, 0.25) is 0 Å². The zero-order chi connectivity index (χ0) is 18.2. The van der Waals surface area contributed by atoms with E-state index in [1.807, 2.05) is 72.4 Å². The van der Waals surface area contributed by atoms with Gasteiger partial charge in [0.25, 0.3) is 0 Å². The van der Waals surface area contributed by atoms with Crippen molar-refractivity contribution >= 4 is 17.8 Å². The minimum absolute atomic E-state index is 0.169. The third-order valence-corrected chi connectivity index (χ3v) is 5.93. The third-order valence-electron chi connectivity index (χ3n) is 4.95. The summed E-state index contributed by atoms with van der Waals surface area (Å²) in [5.41, 5.74) is 1.88. The van der Waals surface area contributed by atoms with Crippen LogP contribution in [0.4, 0.5) is 4.79 Å². The molecule has 138 valence electrons. The number of hydrogen-bond acceptors (Lipinski definition) is 3.